The molecule has 162 valence electrons. The van der Waals surface area contributed by atoms with E-state index in [1.54, 1.807) is 24.0 Å². The Balaban J connectivity index is 1.67. The van der Waals surface area contributed by atoms with Crippen LogP contribution in [0.15, 0.2) is 30.3 Å². The molecule has 0 atom stereocenters. The number of likely N-dealkylation sites (tertiary alicyclic amines) is 1. The number of carbonyl (C=O) groups excluding carboxylic acids is 2. The molecule has 5 nitrogen and oxygen atoms in total. The molecule has 3 heterocycles. The van der Waals surface area contributed by atoms with E-state index in [0.717, 1.165) is 30.2 Å². The van der Waals surface area contributed by atoms with E-state index >= 15 is 0 Å². The molecule has 0 saturated carbocycles. The number of amides is 2. The van der Waals surface area contributed by atoms with Crippen LogP contribution in [-0.4, -0.2) is 34.8 Å². The molecule has 3 aromatic rings. The van der Waals surface area contributed by atoms with Crippen LogP contribution in [0.25, 0.3) is 10.2 Å². The van der Waals surface area contributed by atoms with Gasteiger partial charge in [-0.15, -0.1) is 11.3 Å². The van der Waals surface area contributed by atoms with Crippen molar-refractivity contribution in [3.63, 3.8) is 0 Å². The van der Waals surface area contributed by atoms with E-state index in [-0.39, 0.29) is 21.3 Å². The minimum atomic E-state index is -4.57. The Hall–Kier alpha value is -2.65. The highest BCUT2D eigenvalue weighted by Crippen LogP contribution is 2.35. The summed E-state index contributed by atoms with van der Waals surface area (Å²) in [6, 6.07) is 6.84. The number of hydrogen-bond acceptors (Lipinski definition) is 4. The Morgan fingerprint density at radius 2 is 1.87 bits per heavy atom. The number of alkyl halides is 3. The number of thiophene rings is 1. The maximum absolute atomic E-state index is 13.0. The molecule has 2 amide bonds. The van der Waals surface area contributed by atoms with Crippen molar-refractivity contribution in [2.24, 2.45) is 0 Å². The van der Waals surface area contributed by atoms with Gasteiger partial charge in [0.05, 0.1) is 16.1 Å². The first-order valence-electron chi connectivity index (χ1n) is 9.52. The maximum atomic E-state index is 13.0. The lowest BCUT2D eigenvalue weighted by Crippen LogP contribution is -2.28. The molecule has 1 N–H and O–H groups in total. The summed E-state index contributed by atoms with van der Waals surface area (Å²) >= 11 is 6.95. The number of pyridine rings is 1. The van der Waals surface area contributed by atoms with Crippen LogP contribution in [0.2, 0.25) is 5.02 Å². The van der Waals surface area contributed by atoms with Gasteiger partial charge < -0.3 is 10.2 Å². The van der Waals surface area contributed by atoms with Crippen molar-refractivity contribution < 1.29 is 22.8 Å². The lowest BCUT2D eigenvalue weighted by atomic mass is 10.1. The van der Waals surface area contributed by atoms with Crippen LogP contribution in [0.3, 0.4) is 0 Å². The van der Waals surface area contributed by atoms with E-state index in [9.17, 15) is 22.8 Å². The van der Waals surface area contributed by atoms with Gasteiger partial charge in [0.1, 0.15) is 10.5 Å². The third-order valence-corrected chi connectivity index (χ3v) is 6.59. The first-order chi connectivity index (χ1) is 14.6. The van der Waals surface area contributed by atoms with Gasteiger partial charge >= 0.3 is 6.18 Å². The van der Waals surface area contributed by atoms with E-state index < -0.39 is 17.8 Å². The highest BCUT2D eigenvalue weighted by atomic mass is 35.5. The van der Waals surface area contributed by atoms with E-state index in [2.05, 4.69) is 10.3 Å². The van der Waals surface area contributed by atoms with Crippen LogP contribution >= 0.6 is 22.9 Å². The molecular weight excluding hydrogens is 451 g/mol. The predicted octanol–water partition coefficient (Wildman–Crippen LogP) is 5.77. The van der Waals surface area contributed by atoms with Gasteiger partial charge in [0.25, 0.3) is 11.8 Å². The van der Waals surface area contributed by atoms with Crippen LogP contribution < -0.4 is 5.32 Å². The number of anilines is 1. The Bertz CT molecular complexity index is 1190. The summed E-state index contributed by atoms with van der Waals surface area (Å²) in [5.74, 6) is -0.735. The minimum absolute atomic E-state index is 0.122. The fraction of sp³-hybridized carbons (Fsp3) is 0.286. The van der Waals surface area contributed by atoms with Gasteiger partial charge in [-0.1, -0.05) is 11.6 Å². The van der Waals surface area contributed by atoms with Crippen molar-refractivity contribution in [3.8, 4) is 0 Å². The second kappa shape index (κ2) is 8.12. The summed E-state index contributed by atoms with van der Waals surface area (Å²) in [6.45, 7) is 2.95. The maximum Gasteiger partial charge on any atom is 0.433 e. The molecule has 10 heteroatoms. The second-order valence-corrected chi connectivity index (χ2v) is 8.68. The Kier molecular flexibility index (Phi) is 5.65. The van der Waals surface area contributed by atoms with Crippen LogP contribution in [0.1, 0.15) is 44.1 Å². The first-order valence-corrected chi connectivity index (χ1v) is 10.7. The number of aryl methyl sites for hydroxylation is 1. The zero-order valence-electron chi connectivity index (χ0n) is 16.3. The van der Waals surface area contributed by atoms with Crippen LogP contribution in [0, 0.1) is 6.92 Å². The number of benzene rings is 1. The lowest BCUT2D eigenvalue weighted by Gasteiger charge is -2.18. The number of carbonyl (C=O) groups is 2. The summed E-state index contributed by atoms with van der Waals surface area (Å²) in [4.78, 5) is 31.6. The molecule has 1 saturated heterocycles. The molecule has 2 aromatic heterocycles. The summed E-state index contributed by atoms with van der Waals surface area (Å²) in [5, 5.41) is 3.53. The minimum Gasteiger partial charge on any atom is -0.339 e. The topological polar surface area (TPSA) is 62.3 Å². The van der Waals surface area contributed by atoms with Gasteiger partial charge in [-0.3, -0.25) is 9.59 Å². The number of fused-ring (bicyclic) bond motifs is 1. The van der Waals surface area contributed by atoms with Gasteiger partial charge in [0, 0.05) is 23.5 Å². The van der Waals surface area contributed by atoms with Crippen LogP contribution in [0.5, 0.6) is 0 Å². The van der Waals surface area contributed by atoms with Gasteiger partial charge in [0.15, 0.2) is 0 Å². The zero-order valence-corrected chi connectivity index (χ0v) is 17.9. The van der Waals surface area contributed by atoms with Gasteiger partial charge in [0.2, 0.25) is 0 Å². The van der Waals surface area contributed by atoms with E-state index in [4.69, 9.17) is 11.6 Å². The fourth-order valence-corrected chi connectivity index (χ4v) is 4.80. The first kappa shape index (κ1) is 21.6. The number of nitrogens with one attached hydrogen (secondary N) is 1. The fourth-order valence-electron chi connectivity index (χ4n) is 3.55. The largest absolute Gasteiger partial charge is 0.433 e. The number of halogens is 4. The highest BCUT2D eigenvalue weighted by Gasteiger charge is 2.33. The third kappa shape index (κ3) is 4.24. The second-order valence-electron chi connectivity index (χ2n) is 7.25. The van der Waals surface area contributed by atoms with Crippen LogP contribution in [0.4, 0.5) is 18.9 Å². The monoisotopic (exact) mass is 467 g/mol. The zero-order chi connectivity index (χ0) is 22.3. The summed E-state index contributed by atoms with van der Waals surface area (Å²) in [5.41, 5.74) is 0.0841. The number of nitrogens with zero attached hydrogens (tertiary/aromatic N) is 2. The van der Waals surface area contributed by atoms with Crippen LogP contribution in [-0.2, 0) is 6.18 Å². The summed E-state index contributed by atoms with van der Waals surface area (Å²) < 4.78 is 38.9. The van der Waals surface area contributed by atoms with Gasteiger partial charge in [-0.2, -0.15) is 13.2 Å². The third-order valence-electron chi connectivity index (χ3n) is 5.15. The van der Waals surface area contributed by atoms with Gasteiger partial charge in [-0.25, -0.2) is 4.98 Å². The molecule has 31 heavy (non-hydrogen) atoms. The lowest BCUT2D eigenvalue weighted by molar-refractivity contribution is -0.140. The quantitative estimate of drug-likeness (QED) is 0.532. The van der Waals surface area contributed by atoms with Crippen molar-refractivity contribution >= 4 is 50.7 Å². The number of aromatic nitrogens is 1. The smallest absolute Gasteiger partial charge is 0.339 e. The average molecular weight is 468 g/mol. The normalized spacial score (nSPS) is 14.3. The Morgan fingerprint density at radius 3 is 2.55 bits per heavy atom. The summed E-state index contributed by atoms with van der Waals surface area (Å²) in [7, 11) is 0. The van der Waals surface area contributed by atoms with Crippen molar-refractivity contribution in [1.82, 2.24) is 9.88 Å². The molecule has 1 aromatic carbocycles. The molecule has 0 bridgehead atoms. The molecule has 1 aliphatic heterocycles. The number of rotatable bonds is 3. The van der Waals surface area contributed by atoms with Crippen molar-refractivity contribution in [1.29, 1.82) is 0 Å². The number of hydrogen-bond donors (Lipinski definition) is 1. The Morgan fingerprint density at radius 1 is 1.16 bits per heavy atom. The highest BCUT2D eigenvalue weighted by molar-refractivity contribution is 7.20. The summed E-state index contributed by atoms with van der Waals surface area (Å²) in [6.07, 6.45) is -2.72. The molecule has 0 unspecified atom stereocenters. The molecule has 0 radical (unpaired) electrons. The van der Waals surface area contributed by atoms with E-state index in [1.807, 2.05) is 0 Å². The molecule has 0 spiro atoms. The van der Waals surface area contributed by atoms with Crippen molar-refractivity contribution in [3.05, 3.63) is 57.1 Å². The van der Waals surface area contributed by atoms with E-state index in [1.165, 1.54) is 12.1 Å². The van der Waals surface area contributed by atoms with E-state index in [0.29, 0.717) is 34.6 Å². The van der Waals surface area contributed by atoms with Crippen molar-refractivity contribution in [2.75, 3.05) is 18.4 Å². The Labute approximate surface area is 184 Å². The molecule has 0 aliphatic carbocycles. The molecule has 1 fully saturated rings. The van der Waals surface area contributed by atoms with Crippen molar-refractivity contribution in [2.45, 2.75) is 25.9 Å². The molecule has 4 rings (SSSR count). The molecule has 1 aliphatic rings. The predicted molar refractivity (Wildman–Crippen MR) is 114 cm³/mol. The molecular formula is C21H17ClF3N3O2S. The average Bonchev–Trinajstić information content (AvgIpc) is 3.35. The van der Waals surface area contributed by atoms with Gasteiger partial charge in [-0.05, 0) is 55.7 Å². The standard InChI is InChI=1S/C21H17ClF3N3O2S/c1-11-13-6-7-16(21(23,24)25)27-19(13)31-17(11)18(29)26-15-10-12(22)4-5-14(15)20(30)28-8-2-3-9-28/h4-7,10H,2-3,8-9H2,1H3,(H,26,29). The SMILES string of the molecule is Cc1c(C(=O)Nc2cc(Cl)ccc2C(=O)N2CCCC2)sc2nc(C(F)(F)F)ccc12.